The molecule has 1 rings (SSSR count). The van der Waals surface area contributed by atoms with Crippen LogP contribution in [-0.2, 0) is 0 Å². The standard InChI is InChI=1S/C16H29N/c1-15(2,3)10-6-7-14(17)13-8-11-16(4,5)12-9-13/h13-14H,7-9,11-12,17H2,1-5H3. The lowest BCUT2D eigenvalue weighted by atomic mass is 9.71. The molecule has 1 unspecified atom stereocenters. The minimum atomic E-state index is 0.105. The maximum absolute atomic E-state index is 6.26. The van der Waals surface area contributed by atoms with Gasteiger partial charge in [0.1, 0.15) is 0 Å². The zero-order valence-corrected chi connectivity index (χ0v) is 12.3. The van der Waals surface area contributed by atoms with Crippen LogP contribution in [0.25, 0.3) is 0 Å². The zero-order chi connectivity index (χ0) is 13.1. The van der Waals surface area contributed by atoms with Gasteiger partial charge in [-0.05, 0) is 57.8 Å². The second kappa shape index (κ2) is 5.44. The van der Waals surface area contributed by atoms with Crippen LogP contribution >= 0.6 is 0 Å². The Bertz CT molecular complexity index is 288. The van der Waals surface area contributed by atoms with Gasteiger partial charge in [0.15, 0.2) is 0 Å². The fourth-order valence-corrected chi connectivity index (χ4v) is 2.45. The molecule has 0 amide bonds. The zero-order valence-electron chi connectivity index (χ0n) is 12.3. The summed E-state index contributed by atoms with van der Waals surface area (Å²) < 4.78 is 0. The smallest absolute Gasteiger partial charge is 0.0244 e. The third-order valence-electron chi connectivity index (χ3n) is 3.79. The molecule has 0 heterocycles. The molecule has 1 atom stereocenters. The van der Waals surface area contributed by atoms with Crippen molar-refractivity contribution >= 4 is 0 Å². The average molecular weight is 235 g/mol. The van der Waals surface area contributed by atoms with E-state index >= 15 is 0 Å². The van der Waals surface area contributed by atoms with E-state index in [4.69, 9.17) is 5.73 Å². The first kappa shape index (κ1) is 14.6. The molecule has 0 bridgehead atoms. The molecule has 0 radical (unpaired) electrons. The maximum Gasteiger partial charge on any atom is 0.0244 e. The van der Waals surface area contributed by atoms with Crippen LogP contribution in [0.4, 0.5) is 0 Å². The predicted molar refractivity (Wildman–Crippen MR) is 75.6 cm³/mol. The van der Waals surface area contributed by atoms with Gasteiger partial charge in [-0.2, -0.15) is 0 Å². The summed E-state index contributed by atoms with van der Waals surface area (Å²) in [5, 5.41) is 0. The molecule has 1 saturated carbocycles. The largest absolute Gasteiger partial charge is 0.327 e. The normalized spacial score (nSPS) is 22.7. The van der Waals surface area contributed by atoms with E-state index in [1.54, 1.807) is 0 Å². The van der Waals surface area contributed by atoms with Gasteiger partial charge in [-0.25, -0.2) is 0 Å². The van der Waals surface area contributed by atoms with Gasteiger partial charge in [-0.3, -0.25) is 0 Å². The van der Waals surface area contributed by atoms with Gasteiger partial charge in [0.25, 0.3) is 0 Å². The molecule has 0 spiro atoms. The lowest BCUT2D eigenvalue weighted by molar-refractivity contribution is 0.174. The average Bonchev–Trinajstić information content (AvgIpc) is 2.15. The Morgan fingerprint density at radius 2 is 1.76 bits per heavy atom. The van der Waals surface area contributed by atoms with E-state index in [1.807, 2.05) is 0 Å². The van der Waals surface area contributed by atoms with E-state index in [9.17, 15) is 0 Å². The van der Waals surface area contributed by atoms with Crippen molar-refractivity contribution in [2.45, 2.75) is 72.8 Å². The number of hydrogen-bond acceptors (Lipinski definition) is 1. The highest BCUT2D eigenvalue weighted by molar-refractivity contribution is 5.08. The van der Waals surface area contributed by atoms with Gasteiger partial charge in [0, 0.05) is 17.9 Å². The van der Waals surface area contributed by atoms with Crippen molar-refractivity contribution < 1.29 is 0 Å². The first-order chi connectivity index (χ1) is 7.70. The third-order valence-corrected chi connectivity index (χ3v) is 3.79. The molecule has 1 heteroatoms. The fraction of sp³-hybridized carbons (Fsp3) is 0.875. The molecule has 0 aromatic rings. The van der Waals surface area contributed by atoms with E-state index < -0.39 is 0 Å². The molecule has 2 N–H and O–H groups in total. The fourth-order valence-electron chi connectivity index (χ4n) is 2.45. The Labute approximate surface area is 108 Å². The van der Waals surface area contributed by atoms with E-state index in [0.717, 1.165) is 6.42 Å². The molecule has 1 nitrogen and oxygen atoms in total. The second-order valence-electron chi connectivity index (χ2n) is 7.42. The van der Waals surface area contributed by atoms with E-state index in [2.05, 4.69) is 46.5 Å². The third kappa shape index (κ3) is 5.59. The van der Waals surface area contributed by atoms with Crippen molar-refractivity contribution in [2.75, 3.05) is 0 Å². The van der Waals surface area contributed by atoms with Gasteiger partial charge >= 0.3 is 0 Å². The Balaban J connectivity index is 2.39. The minimum absolute atomic E-state index is 0.105. The van der Waals surface area contributed by atoms with Crippen molar-refractivity contribution in [3.8, 4) is 11.8 Å². The van der Waals surface area contributed by atoms with Crippen LogP contribution in [0.1, 0.15) is 66.7 Å². The van der Waals surface area contributed by atoms with Crippen LogP contribution < -0.4 is 5.73 Å². The molecular formula is C16H29N. The summed E-state index contributed by atoms with van der Waals surface area (Å²) in [5.74, 6) is 7.24. The molecule has 0 saturated heterocycles. The van der Waals surface area contributed by atoms with Crippen LogP contribution in [0.15, 0.2) is 0 Å². The highest BCUT2D eigenvalue weighted by Crippen LogP contribution is 2.39. The molecule has 1 aliphatic rings. The highest BCUT2D eigenvalue weighted by Gasteiger charge is 2.29. The number of nitrogens with two attached hydrogens (primary N) is 1. The van der Waals surface area contributed by atoms with Crippen LogP contribution in [0, 0.1) is 28.6 Å². The summed E-state index contributed by atoms with van der Waals surface area (Å²) in [6.45, 7) is 11.2. The summed E-state index contributed by atoms with van der Waals surface area (Å²) in [7, 11) is 0. The van der Waals surface area contributed by atoms with Gasteiger partial charge < -0.3 is 5.73 Å². The topological polar surface area (TPSA) is 26.0 Å². The van der Waals surface area contributed by atoms with Crippen molar-refractivity contribution in [1.82, 2.24) is 0 Å². The number of hydrogen-bond donors (Lipinski definition) is 1. The van der Waals surface area contributed by atoms with Gasteiger partial charge in [-0.1, -0.05) is 19.8 Å². The predicted octanol–water partition coefficient (Wildman–Crippen LogP) is 3.97. The van der Waals surface area contributed by atoms with Crippen LogP contribution in [-0.4, -0.2) is 6.04 Å². The van der Waals surface area contributed by atoms with E-state index in [1.165, 1.54) is 25.7 Å². The Morgan fingerprint density at radius 1 is 1.24 bits per heavy atom. The van der Waals surface area contributed by atoms with Gasteiger partial charge in [0.05, 0.1) is 0 Å². The van der Waals surface area contributed by atoms with Crippen LogP contribution in [0.2, 0.25) is 0 Å². The summed E-state index contributed by atoms with van der Waals surface area (Å²) in [6.07, 6.45) is 6.06. The van der Waals surface area contributed by atoms with E-state index in [-0.39, 0.29) is 11.5 Å². The minimum Gasteiger partial charge on any atom is -0.327 e. The summed E-state index contributed by atoms with van der Waals surface area (Å²) in [4.78, 5) is 0. The molecule has 0 aromatic carbocycles. The molecule has 98 valence electrons. The quantitative estimate of drug-likeness (QED) is 0.720. The number of rotatable bonds is 2. The first-order valence-corrected chi connectivity index (χ1v) is 6.95. The highest BCUT2D eigenvalue weighted by atomic mass is 14.6. The summed E-state index contributed by atoms with van der Waals surface area (Å²) in [6, 6.07) is 0.279. The summed E-state index contributed by atoms with van der Waals surface area (Å²) >= 11 is 0. The van der Waals surface area contributed by atoms with Crippen molar-refractivity contribution in [1.29, 1.82) is 0 Å². The van der Waals surface area contributed by atoms with Crippen LogP contribution in [0.3, 0.4) is 0 Å². The lowest BCUT2D eigenvalue weighted by Gasteiger charge is -2.36. The maximum atomic E-state index is 6.26. The lowest BCUT2D eigenvalue weighted by Crippen LogP contribution is -2.34. The van der Waals surface area contributed by atoms with Crippen molar-refractivity contribution in [3.63, 3.8) is 0 Å². The van der Waals surface area contributed by atoms with Crippen LogP contribution in [0.5, 0.6) is 0 Å². The monoisotopic (exact) mass is 235 g/mol. The first-order valence-electron chi connectivity index (χ1n) is 6.95. The Hall–Kier alpha value is -0.480. The van der Waals surface area contributed by atoms with Crippen molar-refractivity contribution in [3.05, 3.63) is 0 Å². The van der Waals surface area contributed by atoms with Gasteiger partial charge in [0.2, 0.25) is 0 Å². The molecular weight excluding hydrogens is 206 g/mol. The Morgan fingerprint density at radius 3 is 2.24 bits per heavy atom. The molecule has 0 aliphatic heterocycles. The second-order valence-corrected chi connectivity index (χ2v) is 7.42. The SMILES string of the molecule is CC(C)(C)C#CCC(N)C1CCC(C)(C)CC1. The summed E-state index contributed by atoms with van der Waals surface area (Å²) in [5.41, 5.74) is 6.90. The molecule has 1 fully saturated rings. The van der Waals surface area contributed by atoms with E-state index in [0.29, 0.717) is 11.3 Å². The Kier molecular flexibility index (Phi) is 4.67. The van der Waals surface area contributed by atoms with Gasteiger partial charge in [-0.15, -0.1) is 5.92 Å². The van der Waals surface area contributed by atoms with Crippen molar-refractivity contribution in [2.24, 2.45) is 22.5 Å². The molecule has 1 aliphatic carbocycles. The molecule has 17 heavy (non-hydrogen) atoms. The molecule has 0 aromatic heterocycles.